The highest BCUT2D eigenvalue weighted by molar-refractivity contribution is 6.33. The molecule has 0 aromatic heterocycles. The summed E-state index contributed by atoms with van der Waals surface area (Å²) in [4.78, 5) is 14.5. The van der Waals surface area contributed by atoms with Crippen molar-refractivity contribution in [1.29, 1.82) is 0 Å². The zero-order chi connectivity index (χ0) is 15.5. The van der Waals surface area contributed by atoms with Crippen LogP contribution in [0.25, 0.3) is 0 Å². The quantitative estimate of drug-likeness (QED) is 0.781. The van der Waals surface area contributed by atoms with Crippen LogP contribution in [0.3, 0.4) is 0 Å². The summed E-state index contributed by atoms with van der Waals surface area (Å²) in [6, 6.07) is 7.66. The topological polar surface area (TPSA) is 64.6 Å². The second kappa shape index (κ2) is 6.86. The fourth-order valence-corrected chi connectivity index (χ4v) is 3.50. The lowest BCUT2D eigenvalue weighted by Gasteiger charge is -2.35. The molecule has 3 atom stereocenters. The Balaban J connectivity index is 1.59. The van der Waals surface area contributed by atoms with Gasteiger partial charge >= 0.3 is 0 Å². The van der Waals surface area contributed by atoms with Crippen LogP contribution in [0.4, 0.5) is 5.69 Å². The van der Waals surface area contributed by atoms with E-state index in [-0.39, 0.29) is 18.0 Å². The number of rotatable bonds is 3. The molecular weight excluding hydrogens is 302 g/mol. The van der Waals surface area contributed by atoms with Gasteiger partial charge in [0.25, 0.3) is 0 Å². The first-order chi connectivity index (χ1) is 10.6. The molecule has 22 heavy (non-hydrogen) atoms. The van der Waals surface area contributed by atoms with E-state index in [1.165, 1.54) is 0 Å². The predicted molar refractivity (Wildman–Crippen MR) is 87.2 cm³/mol. The maximum atomic E-state index is 12.2. The molecule has 5 nitrogen and oxygen atoms in total. The van der Waals surface area contributed by atoms with E-state index >= 15 is 0 Å². The van der Waals surface area contributed by atoms with Crippen molar-refractivity contribution in [3.8, 4) is 0 Å². The van der Waals surface area contributed by atoms with Gasteiger partial charge in [-0.3, -0.25) is 4.79 Å². The summed E-state index contributed by atoms with van der Waals surface area (Å²) in [6.45, 7) is 2.22. The van der Waals surface area contributed by atoms with Gasteiger partial charge in [0.05, 0.1) is 22.9 Å². The van der Waals surface area contributed by atoms with Crippen molar-refractivity contribution in [2.75, 3.05) is 24.5 Å². The third kappa shape index (κ3) is 3.54. The van der Waals surface area contributed by atoms with Crippen LogP contribution >= 0.6 is 11.6 Å². The van der Waals surface area contributed by atoms with Gasteiger partial charge in [-0.2, -0.15) is 0 Å². The number of aliphatic hydroxyl groups is 1. The molecule has 0 radical (unpaired) electrons. The van der Waals surface area contributed by atoms with Crippen LogP contribution in [0.15, 0.2) is 24.3 Å². The number of nitrogens with one attached hydrogen (secondary N) is 2. The van der Waals surface area contributed by atoms with Crippen LogP contribution in [0.5, 0.6) is 0 Å². The first kappa shape index (κ1) is 15.6. The number of amides is 1. The normalized spacial score (nSPS) is 28.6. The van der Waals surface area contributed by atoms with E-state index in [0.29, 0.717) is 13.0 Å². The number of halogens is 1. The number of aliphatic hydroxyl groups excluding tert-OH is 1. The SMILES string of the molecule is O=C(NC1CCCN(c2ccccc2Cl)C1)C1CC(O)CN1. The standard InChI is InChI=1S/C16H22ClN3O2/c17-13-5-1-2-6-15(13)20-7-3-4-11(10-20)19-16(22)14-8-12(21)9-18-14/h1-2,5-6,11-12,14,18,21H,3-4,7-10H2,(H,19,22). The maximum absolute atomic E-state index is 12.2. The summed E-state index contributed by atoms with van der Waals surface area (Å²) in [5.41, 5.74) is 1.03. The molecule has 0 spiro atoms. The average Bonchev–Trinajstić information content (AvgIpc) is 2.95. The molecule has 0 aliphatic carbocycles. The van der Waals surface area contributed by atoms with Crippen molar-refractivity contribution < 1.29 is 9.90 Å². The fraction of sp³-hybridized carbons (Fsp3) is 0.562. The molecule has 6 heteroatoms. The molecule has 2 heterocycles. The van der Waals surface area contributed by atoms with E-state index in [1.807, 2.05) is 24.3 Å². The van der Waals surface area contributed by atoms with Crippen LogP contribution in [0.2, 0.25) is 5.02 Å². The van der Waals surface area contributed by atoms with E-state index in [0.717, 1.165) is 36.6 Å². The molecule has 2 fully saturated rings. The van der Waals surface area contributed by atoms with Gasteiger partial charge in [-0.05, 0) is 31.4 Å². The molecule has 2 aliphatic heterocycles. The molecule has 0 saturated carbocycles. The molecule has 1 amide bonds. The molecular formula is C16H22ClN3O2. The highest BCUT2D eigenvalue weighted by Crippen LogP contribution is 2.27. The minimum absolute atomic E-state index is 0.0115. The van der Waals surface area contributed by atoms with Crippen molar-refractivity contribution in [1.82, 2.24) is 10.6 Å². The molecule has 0 bridgehead atoms. The molecule has 2 aliphatic rings. The lowest BCUT2D eigenvalue weighted by molar-refractivity contribution is -0.123. The number of benzene rings is 1. The number of hydrogen-bond donors (Lipinski definition) is 3. The van der Waals surface area contributed by atoms with Crippen molar-refractivity contribution in [3.05, 3.63) is 29.3 Å². The lowest BCUT2D eigenvalue weighted by Crippen LogP contribution is -2.51. The van der Waals surface area contributed by atoms with Gasteiger partial charge in [-0.15, -0.1) is 0 Å². The van der Waals surface area contributed by atoms with Crippen LogP contribution in [-0.2, 0) is 4.79 Å². The van der Waals surface area contributed by atoms with E-state index in [1.54, 1.807) is 0 Å². The summed E-state index contributed by atoms with van der Waals surface area (Å²) in [6.07, 6.45) is 2.08. The molecule has 1 aromatic rings. The third-order valence-corrected chi connectivity index (χ3v) is 4.70. The van der Waals surface area contributed by atoms with Crippen LogP contribution in [-0.4, -0.2) is 48.8 Å². The first-order valence-electron chi connectivity index (χ1n) is 7.85. The summed E-state index contributed by atoms with van der Waals surface area (Å²) in [5, 5.41) is 16.4. The minimum Gasteiger partial charge on any atom is -0.392 e. The minimum atomic E-state index is -0.415. The van der Waals surface area contributed by atoms with Gasteiger partial charge in [-0.25, -0.2) is 0 Å². The number of hydrogen-bond acceptors (Lipinski definition) is 4. The average molecular weight is 324 g/mol. The summed E-state index contributed by atoms with van der Waals surface area (Å²) < 4.78 is 0. The van der Waals surface area contributed by atoms with Crippen LogP contribution in [0.1, 0.15) is 19.3 Å². The van der Waals surface area contributed by atoms with Gasteiger partial charge in [0.2, 0.25) is 5.91 Å². The van der Waals surface area contributed by atoms with E-state index in [4.69, 9.17) is 11.6 Å². The number of para-hydroxylation sites is 1. The van der Waals surface area contributed by atoms with Crippen molar-refractivity contribution in [2.24, 2.45) is 0 Å². The van der Waals surface area contributed by atoms with Gasteiger partial charge in [-0.1, -0.05) is 23.7 Å². The molecule has 2 saturated heterocycles. The Morgan fingerprint density at radius 1 is 1.41 bits per heavy atom. The zero-order valence-corrected chi connectivity index (χ0v) is 13.2. The Morgan fingerprint density at radius 2 is 2.23 bits per heavy atom. The Kier molecular flexibility index (Phi) is 4.86. The smallest absolute Gasteiger partial charge is 0.237 e. The number of anilines is 1. The number of β-amino-alcohol motifs (C(OH)–C–C–N with tert-alkyl or cyclic N) is 1. The van der Waals surface area contributed by atoms with Gasteiger partial charge in [0, 0.05) is 25.7 Å². The molecule has 3 N–H and O–H groups in total. The Hall–Kier alpha value is -1.30. The number of carbonyl (C=O) groups excluding carboxylic acids is 1. The van der Waals surface area contributed by atoms with Crippen molar-refractivity contribution >= 4 is 23.2 Å². The van der Waals surface area contributed by atoms with E-state index < -0.39 is 6.10 Å². The number of carbonyl (C=O) groups is 1. The van der Waals surface area contributed by atoms with Gasteiger partial charge in [0.15, 0.2) is 0 Å². The highest BCUT2D eigenvalue weighted by atomic mass is 35.5. The number of nitrogens with zero attached hydrogens (tertiary/aromatic N) is 1. The Labute approximate surface area is 135 Å². The molecule has 1 aromatic carbocycles. The fourth-order valence-electron chi connectivity index (χ4n) is 3.24. The summed E-state index contributed by atoms with van der Waals surface area (Å²) >= 11 is 6.26. The van der Waals surface area contributed by atoms with E-state index in [9.17, 15) is 9.90 Å². The van der Waals surface area contributed by atoms with Crippen LogP contribution in [0, 0.1) is 0 Å². The maximum Gasteiger partial charge on any atom is 0.237 e. The lowest BCUT2D eigenvalue weighted by atomic mass is 10.0. The first-order valence-corrected chi connectivity index (χ1v) is 8.22. The monoisotopic (exact) mass is 323 g/mol. The van der Waals surface area contributed by atoms with Crippen molar-refractivity contribution in [2.45, 2.75) is 37.5 Å². The van der Waals surface area contributed by atoms with Crippen molar-refractivity contribution in [3.63, 3.8) is 0 Å². The van der Waals surface area contributed by atoms with Crippen LogP contribution < -0.4 is 15.5 Å². The number of piperidine rings is 1. The van der Waals surface area contributed by atoms with Gasteiger partial charge in [0.1, 0.15) is 0 Å². The largest absolute Gasteiger partial charge is 0.392 e. The molecule has 120 valence electrons. The second-order valence-corrected chi connectivity index (χ2v) is 6.50. The molecule has 3 unspecified atom stereocenters. The summed E-state index contributed by atoms with van der Waals surface area (Å²) in [7, 11) is 0. The highest BCUT2D eigenvalue weighted by Gasteiger charge is 2.30. The third-order valence-electron chi connectivity index (χ3n) is 4.39. The van der Waals surface area contributed by atoms with Gasteiger partial charge < -0.3 is 20.6 Å². The predicted octanol–water partition coefficient (Wildman–Crippen LogP) is 1.15. The summed E-state index contributed by atoms with van der Waals surface area (Å²) in [5.74, 6) is -0.0115. The Bertz CT molecular complexity index is 540. The molecule has 3 rings (SSSR count). The van der Waals surface area contributed by atoms with E-state index in [2.05, 4.69) is 15.5 Å². The zero-order valence-electron chi connectivity index (χ0n) is 12.5. The Morgan fingerprint density at radius 3 is 2.95 bits per heavy atom. The second-order valence-electron chi connectivity index (χ2n) is 6.10.